The first-order chi connectivity index (χ1) is 12.8. The smallest absolute Gasteiger partial charge is 0.320 e. The topological polar surface area (TPSA) is 62.3 Å². The molecule has 2 fully saturated rings. The Kier molecular flexibility index (Phi) is 8.51. The molecule has 0 saturated carbocycles. The van der Waals surface area contributed by atoms with Crippen LogP contribution in [0, 0.1) is 5.92 Å². The van der Waals surface area contributed by atoms with Crippen LogP contribution in [0.5, 0.6) is 0 Å². The molecular formula is C20H37N3O4. The molecule has 0 aromatic carbocycles. The molecule has 3 unspecified atom stereocenters. The first-order valence-corrected chi connectivity index (χ1v) is 10.4. The van der Waals surface area contributed by atoms with Gasteiger partial charge >= 0.3 is 5.97 Å². The van der Waals surface area contributed by atoms with E-state index in [1.54, 1.807) is 0 Å². The van der Waals surface area contributed by atoms with Gasteiger partial charge in [0.25, 0.3) is 0 Å². The molecule has 3 atom stereocenters. The van der Waals surface area contributed by atoms with Gasteiger partial charge < -0.3 is 14.4 Å². The molecule has 2 heterocycles. The Labute approximate surface area is 163 Å². The lowest BCUT2D eigenvalue weighted by atomic mass is 9.99. The van der Waals surface area contributed by atoms with E-state index in [2.05, 4.69) is 37.5 Å². The summed E-state index contributed by atoms with van der Waals surface area (Å²) in [4.78, 5) is 31.5. The number of hydrogen-bond donors (Lipinski definition) is 0. The summed E-state index contributed by atoms with van der Waals surface area (Å²) in [7, 11) is 0. The van der Waals surface area contributed by atoms with Gasteiger partial charge in [-0.05, 0) is 33.1 Å². The number of ether oxygens (including phenoxy) is 2. The molecule has 7 nitrogen and oxygen atoms in total. The second kappa shape index (κ2) is 10.4. The Morgan fingerprint density at radius 1 is 1.07 bits per heavy atom. The molecule has 27 heavy (non-hydrogen) atoms. The van der Waals surface area contributed by atoms with Crippen LogP contribution >= 0.6 is 0 Å². The Hall–Kier alpha value is -1.18. The van der Waals surface area contributed by atoms with E-state index >= 15 is 0 Å². The number of morpholine rings is 1. The maximum Gasteiger partial charge on any atom is 0.320 e. The fourth-order valence-electron chi connectivity index (χ4n) is 4.23. The molecule has 0 radical (unpaired) electrons. The van der Waals surface area contributed by atoms with Gasteiger partial charge in [-0.15, -0.1) is 0 Å². The number of nitrogens with zero attached hydrogens (tertiary/aromatic N) is 3. The minimum Gasteiger partial charge on any atom is -0.465 e. The molecule has 0 bridgehead atoms. The summed E-state index contributed by atoms with van der Waals surface area (Å²) in [5, 5.41) is 0. The number of rotatable bonds is 6. The average Bonchev–Trinajstić information content (AvgIpc) is 2.79. The molecule has 2 aliphatic heterocycles. The molecule has 2 saturated heterocycles. The quantitative estimate of drug-likeness (QED) is 0.643. The number of esters is 1. The fourth-order valence-corrected chi connectivity index (χ4v) is 4.23. The highest BCUT2D eigenvalue weighted by atomic mass is 16.5. The summed E-state index contributed by atoms with van der Waals surface area (Å²) in [5.74, 6) is 0.270. The second-order valence-corrected chi connectivity index (χ2v) is 8.16. The van der Waals surface area contributed by atoms with Gasteiger partial charge in [0.15, 0.2) is 0 Å². The molecule has 156 valence electrons. The summed E-state index contributed by atoms with van der Waals surface area (Å²) in [6.45, 7) is 15.5. The van der Waals surface area contributed by atoms with Crippen LogP contribution in [0.1, 0.15) is 41.0 Å². The van der Waals surface area contributed by atoms with E-state index in [1.807, 2.05) is 11.8 Å². The van der Waals surface area contributed by atoms with Crippen LogP contribution in [-0.4, -0.2) is 97.2 Å². The normalized spacial score (nSPS) is 26.7. The third-order valence-electron chi connectivity index (χ3n) is 5.28. The van der Waals surface area contributed by atoms with Crippen LogP contribution in [0.4, 0.5) is 0 Å². The number of amides is 1. The summed E-state index contributed by atoms with van der Waals surface area (Å²) >= 11 is 0. The van der Waals surface area contributed by atoms with Crippen molar-refractivity contribution in [1.29, 1.82) is 0 Å². The van der Waals surface area contributed by atoms with Gasteiger partial charge in [-0.1, -0.05) is 13.8 Å². The van der Waals surface area contributed by atoms with Crippen molar-refractivity contribution in [1.82, 2.24) is 14.7 Å². The Bertz CT molecular complexity index is 490. The molecule has 2 rings (SSSR count). The van der Waals surface area contributed by atoms with E-state index < -0.39 is 0 Å². The van der Waals surface area contributed by atoms with Crippen LogP contribution < -0.4 is 0 Å². The van der Waals surface area contributed by atoms with E-state index in [1.165, 1.54) is 0 Å². The molecule has 7 heteroatoms. The summed E-state index contributed by atoms with van der Waals surface area (Å²) in [6.07, 6.45) is 1.17. The molecule has 2 aliphatic rings. The lowest BCUT2D eigenvalue weighted by Gasteiger charge is -2.42. The summed E-state index contributed by atoms with van der Waals surface area (Å²) in [5.41, 5.74) is 0. The second-order valence-electron chi connectivity index (χ2n) is 8.16. The first-order valence-electron chi connectivity index (χ1n) is 10.4. The van der Waals surface area contributed by atoms with Crippen molar-refractivity contribution in [3.8, 4) is 0 Å². The van der Waals surface area contributed by atoms with Gasteiger partial charge in [-0.3, -0.25) is 19.4 Å². The lowest BCUT2D eigenvalue weighted by Crippen LogP contribution is -2.58. The minimum absolute atomic E-state index is 0.115. The predicted octanol–water partition coefficient (Wildman–Crippen LogP) is 1.22. The zero-order valence-electron chi connectivity index (χ0n) is 17.6. The summed E-state index contributed by atoms with van der Waals surface area (Å²) < 4.78 is 10.9. The van der Waals surface area contributed by atoms with E-state index in [9.17, 15) is 9.59 Å². The largest absolute Gasteiger partial charge is 0.465 e. The van der Waals surface area contributed by atoms with Gasteiger partial charge in [0, 0.05) is 39.3 Å². The molecular weight excluding hydrogens is 346 g/mol. The zero-order chi connectivity index (χ0) is 20.0. The van der Waals surface area contributed by atoms with Crippen LogP contribution in [-0.2, 0) is 19.1 Å². The van der Waals surface area contributed by atoms with Crippen LogP contribution in [0.3, 0.4) is 0 Å². The van der Waals surface area contributed by atoms with Gasteiger partial charge in [0.2, 0.25) is 5.91 Å². The van der Waals surface area contributed by atoms with Crippen LogP contribution in [0.25, 0.3) is 0 Å². The molecule has 1 amide bonds. The van der Waals surface area contributed by atoms with Crippen molar-refractivity contribution in [2.24, 2.45) is 5.92 Å². The van der Waals surface area contributed by atoms with Crippen molar-refractivity contribution in [3.63, 3.8) is 0 Å². The maximum absolute atomic E-state index is 13.4. The first kappa shape index (κ1) is 22.1. The number of hydrogen-bond acceptors (Lipinski definition) is 6. The van der Waals surface area contributed by atoms with Crippen molar-refractivity contribution < 1.29 is 19.1 Å². The predicted molar refractivity (Wildman–Crippen MR) is 104 cm³/mol. The van der Waals surface area contributed by atoms with Crippen molar-refractivity contribution >= 4 is 11.9 Å². The molecule has 0 spiro atoms. The Balaban J connectivity index is 1.98. The van der Waals surface area contributed by atoms with Gasteiger partial charge in [-0.25, -0.2) is 0 Å². The van der Waals surface area contributed by atoms with E-state index in [0.717, 1.165) is 32.6 Å². The summed E-state index contributed by atoms with van der Waals surface area (Å²) in [6, 6.07) is -0.115. The third kappa shape index (κ3) is 6.43. The average molecular weight is 384 g/mol. The van der Waals surface area contributed by atoms with E-state index in [0.29, 0.717) is 26.2 Å². The van der Waals surface area contributed by atoms with Gasteiger partial charge in [0.1, 0.15) is 0 Å². The van der Waals surface area contributed by atoms with E-state index in [4.69, 9.17) is 9.47 Å². The number of carbonyl (C=O) groups excluding carboxylic acids is 2. The lowest BCUT2D eigenvalue weighted by molar-refractivity contribution is -0.145. The van der Waals surface area contributed by atoms with Crippen molar-refractivity contribution in [2.45, 2.75) is 59.3 Å². The Morgan fingerprint density at radius 3 is 2.33 bits per heavy atom. The monoisotopic (exact) mass is 383 g/mol. The molecule has 0 aliphatic carbocycles. The van der Waals surface area contributed by atoms with Gasteiger partial charge in [0.05, 0.1) is 31.4 Å². The van der Waals surface area contributed by atoms with E-state index in [-0.39, 0.29) is 36.0 Å². The number of carbonyl (C=O) groups is 2. The zero-order valence-corrected chi connectivity index (χ0v) is 17.6. The van der Waals surface area contributed by atoms with Gasteiger partial charge in [-0.2, -0.15) is 0 Å². The highest BCUT2D eigenvalue weighted by molar-refractivity contribution is 5.82. The SMILES string of the molecule is CCOC(=O)CN1CCCN(C(=O)C(C(C)C)N2CC(C)OC(C)C2)CC1. The van der Waals surface area contributed by atoms with Crippen LogP contribution in [0.2, 0.25) is 0 Å². The fraction of sp³-hybridized carbons (Fsp3) is 0.900. The third-order valence-corrected chi connectivity index (χ3v) is 5.28. The maximum atomic E-state index is 13.4. The molecule has 0 N–H and O–H groups in total. The van der Waals surface area contributed by atoms with Crippen LogP contribution in [0.15, 0.2) is 0 Å². The highest BCUT2D eigenvalue weighted by Gasteiger charge is 2.36. The van der Waals surface area contributed by atoms with Crippen molar-refractivity contribution in [2.75, 3.05) is 52.4 Å². The highest BCUT2D eigenvalue weighted by Crippen LogP contribution is 2.21. The Morgan fingerprint density at radius 2 is 1.74 bits per heavy atom. The molecule has 0 aromatic heterocycles. The minimum atomic E-state index is -0.186. The molecule has 0 aromatic rings. The standard InChI is InChI=1S/C20H37N3O4/c1-6-26-18(24)14-21-8-7-9-22(11-10-21)20(25)19(15(2)3)23-12-16(4)27-17(5)13-23/h15-17,19H,6-14H2,1-5H3. The van der Waals surface area contributed by atoms with Crippen molar-refractivity contribution in [3.05, 3.63) is 0 Å².